The largest absolute Gasteiger partial charge is 0.390 e. The van der Waals surface area contributed by atoms with E-state index in [1.54, 1.807) is 0 Å². The molecule has 3 heteroatoms. The Kier molecular flexibility index (Phi) is 5.00. The average Bonchev–Trinajstić information content (AvgIpc) is 3.08. The highest BCUT2D eigenvalue weighted by atomic mass is 16.3. The molecule has 0 heterocycles. The predicted octanol–water partition coefficient (Wildman–Crippen LogP) is 2.46. The summed E-state index contributed by atoms with van der Waals surface area (Å²) in [5.74, 6) is 2.00. The smallest absolute Gasteiger partial charge is 0.0954 e. The van der Waals surface area contributed by atoms with Gasteiger partial charge in [-0.05, 0) is 43.6 Å². The Bertz CT molecular complexity index is 297. The first-order valence-corrected chi connectivity index (χ1v) is 8.85. The van der Waals surface area contributed by atoms with Crippen LogP contribution in [-0.2, 0) is 0 Å². The number of hydrogen-bond acceptors (Lipinski definition) is 3. The van der Waals surface area contributed by atoms with Gasteiger partial charge in [0.25, 0.3) is 0 Å². The van der Waals surface area contributed by atoms with Gasteiger partial charge >= 0.3 is 0 Å². The fourth-order valence-corrected chi connectivity index (χ4v) is 4.89. The molecule has 0 bridgehead atoms. The van der Waals surface area contributed by atoms with E-state index in [-0.39, 0.29) is 6.04 Å². The van der Waals surface area contributed by atoms with Gasteiger partial charge in [0.05, 0.1) is 12.2 Å². The Morgan fingerprint density at radius 1 is 0.850 bits per heavy atom. The van der Waals surface area contributed by atoms with E-state index in [9.17, 15) is 10.2 Å². The molecule has 0 saturated heterocycles. The zero-order valence-electron chi connectivity index (χ0n) is 12.6. The summed E-state index contributed by atoms with van der Waals surface area (Å²) < 4.78 is 0. The molecule has 3 N–H and O–H groups in total. The van der Waals surface area contributed by atoms with Gasteiger partial charge in [0.1, 0.15) is 0 Å². The number of nitrogens with one attached hydrogen (secondary N) is 1. The zero-order chi connectivity index (χ0) is 13.9. The Balaban J connectivity index is 1.58. The maximum Gasteiger partial charge on any atom is 0.0954 e. The second-order valence-corrected chi connectivity index (χ2v) is 7.44. The van der Waals surface area contributed by atoms with Crippen LogP contribution in [0, 0.1) is 17.8 Å². The van der Waals surface area contributed by atoms with Crippen LogP contribution in [0.25, 0.3) is 0 Å². The standard InChI is InChI=1S/C17H31NO2/c19-15-10-14(13-8-2-1-3-9-13)16(17(15)20)18-11-12-6-4-5-7-12/h12-20H,1-11H2. The summed E-state index contributed by atoms with van der Waals surface area (Å²) in [5, 5.41) is 24.0. The van der Waals surface area contributed by atoms with Gasteiger partial charge in [0.2, 0.25) is 0 Å². The molecule has 3 fully saturated rings. The Labute approximate surface area is 123 Å². The van der Waals surface area contributed by atoms with E-state index in [2.05, 4.69) is 5.32 Å². The summed E-state index contributed by atoms with van der Waals surface area (Å²) in [6.45, 7) is 1.04. The molecule has 0 aromatic carbocycles. The first kappa shape index (κ1) is 14.8. The lowest BCUT2D eigenvalue weighted by atomic mass is 9.77. The Morgan fingerprint density at radius 3 is 2.20 bits per heavy atom. The molecular formula is C17H31NO2. The molecule has 0 amide bonds. The number of aliphatic hydroxyl groups excluding tert-OH is 2. The Morgan fingerprint density at radius 2 is 1.50 bits per heavy atom. The molecule has 3 aliphatic carbocycles. The van der Waals surface area contributed by atoms with E-state index in [1.807, 2.05) is 0 Å². The van der Waals surface area contributed by atoms with Gasteiger partial charge in [-0.2, -0.15) is 0 Å². The molecule has 0 spiro atoms. The van der Waals surface area contributed by atoms with Gasteiger partial charge in [-0.3, -0.25) is 0 Å². The molecule has 3 aliphatic rings. The lowest BCUT2D eigenvalue weighted by molar-refractivity contribution is 0.0283. The maximum absolute atomic E-state index is 10.3. The van der Waals surface area contributed by atoms with Crippen LogP contribution in [0.3, 0.4) is 0 Å². The quantitative estimate of drug-likeness (QED) is 0.742. The van der Waals surface area contributed by atoms with Crippen molar-refractivity contribution < 1.29 is 10.2 Å². The predicted molar refractivity (Wildman–Crippen MR) is 80.4 cm³/mol. The fraction of sp³-hybridized carbons (Fsp3) is 1.00. The molecule has 4 unspecified atom stereocenters. The topological polar surface area (TPSA) is 52.5 Å². The van der Waals surface area contributed by atoms with E-state index < -0.39 is 12.2 Å². The minimum atomic E-state index is -0.552. The van der Waals surface area contributed by atoms with Gasteiger partial charge in [-0.25, -0.2) is 0 Å². The maximum atomic E-state index is 10.3. The van der Waals surface area contributed by atoms with Gasteiger partial charge < -0.3 is 15.5 Å². The summed E-state index contributed by atoms with van der Waals surface area (Å²) in [6.07, 6.45) is 11.8. The molecule has 4 atom stereocenters. The van der Waals surface area contributed by atoms with Crippen molar-refractivity contribution in [2.24, 2.45) is 17.8 Å². The van der Waals surface area contributed by atoms with E-state index in [1.165, 1.54) is 57.8 Å². The summed E-state index contributed by atoms with van der Waals surface area (Å²) >= 11 is 0. The van der Waals surface area contributed by atoms with E-state index in [0.29, 0.717) is 5.92 Å². The third kappa shape index (κ3) is 3.20. The number of rotatable bonds is 4. The lowest BCUT2D eigenvalue weighted by Gasteiger charge is -2.33. The van der Waals surface area contributed by atoms with Crippen LogP contribution in [0.1, 0.15) is 64.2 Å². The van der Waals surface area contributed by atoms with Gasteiger partial charge in [0, 0.05) is 6.04 Å². The molecule has 0 radical (unpaired) electrons. The SMILES string of the molecule is OC1CC(C2CCCCC2)C(NCC2CCCC2)C1O. The summed E-state index contributed by atoms with van der Waals surface area (Å²) in [6, 6.07) is 0.133. The van der Waals surface area contributed by atoms with Crippen molar-refractivity contribution in [3.05, 3.63) is 0 Å². The third-order valence-corrected chi connectivity index (χ3v) is 6.11. The van der Waals surface area contributed by atoms with Crippen molar-refractivity contribution in [1.82, 2.24) is 5.32 Å². The second kappa shape index (κ2) is 6.76. The molecule has 0 aliphatic heterocycles. The summed E-state index contributed by atoms with van der Waals surface area (Å²) in [5.41, 5.74) is 0. The highest BCUT2D eigenvalue weighted by Crippen LogP contribution is 2.40. The highest BCUT2D eigenvalue weighted by molar-refractivity contribution is 4.99. The minimum absolute atomic E-state index is 0.133. The van der Waals surface area contributed by atoms with Crippen LogP contribution in [-0.4, -0.2) is 35.0 Å². The summed E-state index contributed by atoms with van der Waals surface area (Å²) in [4.78, 5) is 0. The molecule has 0 aromatic rings. The average molecular weight is 281 g/mol. The monoisotopic (exact) mass is 281 g/mol. The molecule has 3 nitrogen and oxygen atoms in total. The van der Waals surface area contributed by atoms with Crippen LogP contribution in [0.5, 0.6) is 0 Å². The lowest BCUT2D eigenvalue weighted by Crippen LogP contribution is -2.46. The van der Waals surface area contributed by atoms with Crippen molar-refractivity contribution >= 4 is 0 Å². The van der Waals surface area contributed by atoms with Crippen molar-refractivity contribution in [1.29, 1.82) is 0 Å². The molecule has 0 aromatic heterocycles. The van der Waals surface area contributed by atoms with Crippen molar-refractivity contribution in [2.75, 3.05) is 6.54 Å². The Hall–Kier alpha value is -0.120. The van der Waals surface area contributed by atoms with Gasteiger partial charge in [-0.15, -0.1) is 0 Å². The second-order valence-electron chi connectivity index (χ2n) is 7.44. The first-order valence-electron chi connectivity index (χ1n) is 8.85. The molecule has 3 rings (SSSR count). The zero-order valence-corrected chi connectivity index (χ0v) is 12.6. The van der Waals surface area contributed by atoms with E-state index in [4.69, 9.17) is 0 Å². The highest BCUT2D eigenvalue weighted by Gasteiger charge is 2.44. The molecule has 3 saturated carbocycles. The van der Waals surface area contributed by atoms with Gasteiger partial charge in [-0.1, -0.05) is 44.9 Å². The van der Waals surface area contributed by atoms with E-state index in [0.717, 1.165) is 24.8 Å². The van der Waals surface area contributed by atoms with Crippen LogP contribution >= 0.6 is 0 Å². The number of hydrogen-bond donors (Lipinski definition) is 3. The first-order chi connectivity index (χ1) is 9.75. The van der Waals surface area contributed by atoms with Crippen LogP contribution in [0.4, 0.5) is 0 Å². The fourth-order valence-electron chi connectivity index (χ4n) is 4.89. The molecule has 20 heavy (non-hydrogen) atoms. The van der Waals surface area contributed by atoms with Crippen molar-refractivity contribution in [3.8, 4) is 0 Å². The van der Waals surface area contributed by atoms with Gasteiger partial charge in [0.15, 0.2) is 0 Å². The minimum Gasteiger partial charge on any atom is -0.390 e. The van der Waals surface area contributed by atoms with Crippen LogP contribution < -0.4 is 5.32 Å². The van der Waals surface area contributed by atoms with Crippen LogP contribution in [0.2, 0.25) is 0 Å². The van der Waals surface area contributed by atoms with Crippen molar-refractivity contribution in [2.45, 2.75) is 82.5 Å². The van der Waals surface area contributed by atoms with Crippen molar-refractivity contribution in [3.63, 3.8) is 0 Å². The molecular weight excluding hydrogens is 250 g/mol. The van der Waals surface area contributed by atoms with E-state index >= 15 is 0 Å². The summed E-state index contributed by atoms with van der Waals surface area (Å²) in [7, 11) is 0. The van der Waals surface area contributed by atoms with Crippen LogP contribution in [0.15, 0.2) is 0 Å². The third-order valence-electron chi connectivity index (χ3n) is 6.11. The number of aliphatic hydroxyl groups is 2. The normalized spacial score (nSPS) is 40.5. The molecule has 116 valence electrons.